The second-order valence-electron chi connectivity index (χ2n) is 3.52. The summed E-state index contributed by atoms with van der Waals surface area (Å²) in [6, 6.07) is 0. The van der Waals surface area contributed by atoms with Gasteiger partial charge in [-0.1, -0.05) is 5.16 Å². The molecule has 2 aromatic heterocycles. The van der Waals surface area contributed by atoms with Crippen LogP contribution in [0.4, 0.5) is 0 Å². The predicted octanol–water partition coefficient (Wildman–Crippen LogP) is 0.407. The van der Waals surface area contributed by atoms with E-state index in [1.165, 1.54) is 6.39 Å². The first kappa shape index (κ1) is 10.8. The number of hydrogen-bond acceptors (Lipinski definition) is 5. The summed E-state index contributed by atoms with van der Waals surface area (Å²) in [4.78, 5) is 8.10. The van der Waals surface area contributed by atoms with Crippen molar-refractivity contribution in [2.75, 3.05) is 13.1 Å². The van der Waals surface area contributed by atoms with E-state index in [2.05, 4.69) is 29.5 Å². The SMILES string of the molecule is Cc1nccn1CCNCCc1ncon1. The Balaban J connectivity index is 1.61. The Bertz CT molecular complexity index is 409. The topological polar surface area (TPSA) is 68.8 Å². The summed E-state index contributed by atoms with van der Waals surface area (Å²) in [6.45, 7) is 4.69. The van der Waals surface area contributed by atoms with E-state index in [9.17, 15) is 0 Å². The molecule has 2 rings (SSSR count). The molecule has 0 spiro atoms. The lowest BCUT2D eigenvalue weighted by Gasteiger charge is -2.05. The molecule has 0 atom stereocenters. The van der Waals surface area contributed by atoms with Gasteiger partial charge in [0.2, 0.25) is 6.39 Å². The molecule has 2 aromatic rings. The highest BCUT2D eigenvalue weighted by Crippen LogP contribution is 1.93. The summed E-state index contributed by atoms with van der Waals surface area (Å²) in [5, 5.41) is 7.06. The van der Waals surface area contributed by atoms with Crippen LogP contribution in [0.15, 0.2) is 23.3 Å². The summed E-state index contributed by atoms with van der Waals surface area (Å²) in [7, 11) is 0. The van der Waals surface area contributed by atoms with E-state index in [0.29, 0.717) is 0 Å². The highest BCUT2D eigenvalue weighted by Gasteiger charge is 1.98. The van der Waals surface area contributed by atoms with Crippen LogP contribution in [0.25, 0.3) is 0 Å². The number of rotatable bonds is 6. The molecule has 6 heteroatoms. The van der Waals surface area contributed by atoms with Gasteiger partial charge in [0, 0.05) is 38.4 Å². The van der Waals surface area contributed by atoms with Crippen molar-refractivity contribution in [1.82, 2.24) is 25.0 Å². The smallest absolute Gasteiger partial charge is 0.213 e. The van der Waals surface area contributed by atoms with Gasteiger partial charge in [-0.25, -0.2) is 4.98 Å². The molecule has 0 amide bonds. The van der Waals surface area contributed by atoms with E-state index in [1.54, 1.807) is 0 Å². The lowest BCUT2D eigenvalue weighted by Crippen LogP contribution is -2.22. The molecule has 16 heavy (non-hydrogen) atoms. The van der Waals surface area contributed by atoms with E-state index in [0.717, 1.165) is 37.7 Å². The Morgan fingerprint density at radius 3 is 3.00 bits per heavy atom. The lowest BCUT2D eigenvalue weighted by atomic mass is 10.4. The van der Waals surface area contributed by atoms with Crippen LogP contribution in [-0.4, -0.2) is 32.8 Å². The lowest BCUT2D eigenvalue weighted by molar-refractivity contribution is 0.409. The number of aromatic nitrogens is 4. The fraction of sp³-hybridized carbons (Fsp3) is 0.500. The van der Waals surface area contributed by atoms with Gasteiger partial charge < -0.3 is 14.4 Å². The molecule has 0 unspecified atom stereocenters. The second kappa shape index (κ2) is 5.41. The standard InChI is InChI=1S/C10H15N5O/c1-9-12-5-7-15(9)6-4-11-3-2-10-13-8-16-14-10/h5,7-8,11H,2-4,6H2,1H3. The molecule has 2 heterocycles. The Hall–Kier alpha value is -1.69. The van der Waals surface area contributed by atoms with Crippen molar-refractivity contribution in [1.29, 1.82) is 0 Å². The molecule has 1 N–H and O–H groups in total. The Kier molecular flexibility index (Phi) is 3.66. The van der Waals surface area contributed by atoms with Crippen LogP contribution in [-0.2, 0) is 13.0 Å². The number of imidazole rings is 1. The van der Waals surface area contributed by atoms with Crippen LogP contribution in [0.2, 0.25) is 0 Å². The van der Waals surface area contributed by atoms with E-state index in [4.69, 9.17) is 0 Å². The van der Waals surface area contributed by atoms with Crippen molar-refractivity contribution in [3.8, 4) is 0 Å². The van der Waals surface area contributed by atoms with Crippen molar-refractivity contribution in [3.05, 3.63) is 30.4 Å². The third-order valence-corrected chi connectivity index (χ3v) is 2.39. The van der Waals surface area contributed by atoms with Crippen molar-refractivity contribution in [2.24, 2.45) is 0 Å². The monoisotopic (exact) mass is 221 g/mol. The molecule has 0 aliphatic heterocycles. The van der Waals surface area contributed by atoms with Crippen LogP contribution >= 0.6 is 0 Å². The van der Waals surface area contributed by atoms with E-state index in [1.807, 2.05) is 19.3 Å². The molecule has 0 saturated heterocycles. The van der Waals surface area contributed by atoms with Crippen LogP contribution in [0.5, 0.6) is 0 Å². The molecule has 0 aliphatic carbocycles. The maximum absolute atomic E-state index is 4.64. The summed E-state index contributed by atoms with van der Waals surface area (Å²) in [5.41, 5.74) is 0. The highest BCUT2D eigenvalue weighted by atomic mass is 16.5. The summed E-state index contributed by atoms with van der Waals surface area (Å²) in [5.74, 6) is 1.78. The Morgan fingerprint density at radius 2 is 2.31 bits per heavy atom. The third kappa shape index (κ3) is 2.90. The molecule has 0 aliphatic rings. The summed E-state index contributed by atoms with van der Waals surface area (Å²) >= 11 is 0. The molecule has 0 fully saturated rings. The first-order valence-electron chi connectivity index (χ1n) is 5.30. The normalized spacial score (nSPS) is 10.8. The summed E-state index contributed by atoms with van der Waals surface area (Å²) in [6.07, 6.45) is 5.94. The maximum Gasteiger partial charge on any atom is 0.213 e. The van der Waals surface area contributed by atoms with E-state index >= 15 is 0 Å². The number of nitrogens with zero attached hydrogens (tertiary/aromatic N) is 4. The minimum absolute atomic E-state index is 0.742. The highest BCUT2D eigenvalue weighted by molar-refractivity contribution is 4.88. The zero-order chi connectivity index (χ0) is 11.2. The molecule has 6 nitrogen and oxygen atoms in total. The van der Waals surface area contributed by atoms with Crippen molar-refractivity contribution in [3.63, 3.8) is 0 Å². The first-order valence-corrected chi connectivity index (χ1v) is 5.30. The quantitative estimate of drug-likeness (QED) is 0.715. The molecule has 0 bridgehead atoms. The fourth-order valence-corrected chi connectivity index (χ4v) is 1.47. The van der Waals surface area contributed by atoms with Crippen molar-refractivity contribution in [2.45, 2.75) is 19.9 Å². The average molecular weight is 221 g/mol. The second-order valence-corrected chi connectivity index (χ2v) is 3.52. The minimum atomic E-state index is 0.742. The van der Waals surface area contributed by atoms with Crippen LogP contribution in [0.1, 0.15) is 11.6 Å². The van der Waals surface area contributed by atoms with Gasteiger partial charge in [-0.05, 0) is 6.92 Å². The van der Waals surface area contributed by atoms with Crippen molar-refractivity contribution >= 4 is 0 Å². The molecular formula is C10H15N5O. The fourth-order valence-electron chi connectivity index (χ4n) is 1.47. The van der Waals surface area contributed by atoms with E-state index in [-0.39, 0.29) is 0 Å². The molecule has 0 saturated carbocycles. The maximum atomic E-state index is 4.64. The van der Waals surface area contributed by atoms with Gasteiger partial charge in [-0.2, -0.15) is 4.98 Å². The third-order valence-electron chi connectivity index (χ3n) is 2.39. The molecule has 0 radical (unpaired) electrons. The van der Waals surface area contributed by atoms with Gasteiger partial charge in [0.1, 0.15) is 5.82 Å². The minimum Gasteiger partial charge on any atom is -0.343 e. The summed E-state index contributed by atoms with van der Waals surface area (Å²) < 4.78 is 6.76. The van der Waals surface area contributed by atoms with Gasteiger partial charge in [-0.3, -0.25) is 0 Å². The molecule has 0 aromatic carbocycles. The van der Waals surface area contributed by atoms with Crippen molar-refractivity contribution < 1.29 is 4.52 Å². The zero-order valence-electron chi connectivity index (χ0n) is 9.26. The van der Waals surface area contributed by atoms with Gasteiger partial charge in [0.05, 0.1) is 0 Å². The van der Waals surface area contributed by atoms with Crippen LogP contribution in [0.3, 0.4) is 0 Å². The zero-order valence-corrected chi connectivity index (χ0v) is 9.26. The largest absolute Gasteiger partial charge is 0.343 e. The number of aryl methyl sites for hydroxylation is 1. The van der Waals surface area contributed by atoms with Gasteiger partial charge in [-0.15, -0.1) is 0 Å². The molecule has 86 valence electrons. The van der Waals surface area contributed by atoms with Gasteiger partial charge >= 0.3 is 0 Å². The van der Waals surface area contributed by atoms with Crippen LogP contribution < -0.4 is 5.32 Å². The number of nitrogens with one attached hydrogen (secondary N) is 1. The van der Waals surface area contributed by atoms with Gasteiger partial charge in [0.15, 0.2) is 5.82 Å². The van der Waals surface area contributed by atoms with E-state index < -0.39 is 0 Å². The average Bonchev–Trinajstić information content (AvgIpc) is 2.90. The molecular weight excluding hydrogens is 206 g/mol. The number of hydrogen-bond donors (Lipinski definition) is 1. The Morgan fingerprint density at radius 1 is 1.38 bits per heavy atom. The van der Waals surface area contributed by atoms with Gasteiger partial charge in [0.25, 0.3) is 0 Å². The Labute approximate surface area is 93.7 Å². The first-order chi connectivity index (χ1) is 7.86. The van der Waals surface area contributed by atoms with Crippen LogP contribution in [0, 0.1) is 6.92 Å². The predicted molar refractivity (Wildman–Crippen MR) is 57.8 cm³/mol.